The number of carbonyl (C=O) groups is 2. The van der Waals surface area contributed by atoms with Crippen molar-refractivity contribution in [2.75, 3.05) is 10.6 Å². The molecule has 0 unspecified atom stereocenters. The van der Waals surface area contributed by atoms with Crippen LogP contribution in [0.4, 0.5) is 11.4 Å². The van der Waals surface area contributed by atoms with Gasteiger partial charge in [0.2, 0.25) is 11.0 Å². The van der Waals surface area contributed by atoms with Gasteiger partial charge in [0, 0.05) is 22.8 Å². The molecule has 1 aromatic heterocycles. The third-order valence-corrected chi connectivity index (χ3v) is 5.84. The average Bonchev–Trinajstić information content (AvgIpc) is 3.31. The highest BCUT2D eigenvalue weighted by Gasteiger charge is 2.30. The summed E-state index contributed by atoms with van der Waals surface area (Å²) in [5, 5.41) is 5.19. The second kappa shape index (κ2) is 7.64. The lowest BCUT2D eigenvalue weighted by Gasteiger charge is -2.18. The topological polar surface area (TPSA) is 118 Å². The van der Waals surface area contributed by atoms with Gasteiger partial charge in [-0.1, -0.05) is 6.07 Å². The van der Waals surface area contributed by atoms with Gasteiger partial charge < -0.3 is 15.1 Å². The van der Waals surface area contributed by atoms with Crippen LogP contribution < -0.4 is 15.4 Å². The fourth-order valence-electron chi connectivity index (χ4n) is 2.65. The van der Waals surface area contributed by atoms with Crippen molar-refractivity contribution in [2.24, 2.45) is 5.92 Å². The maximum Gasteiger partial charge on any atom is 0.291 e. The van der Waals surface area contributed by atoms with Gasteiger partial charge in [0.15, 0.2) is 5.76 Å². The van der Waals surface area contributed by atoms with E-state index in [2.05, 4.69) is 15.4 Å². The highest BCUT2D eigenvalue weighted by molar-refractivity contribution is 7.89. The number of rotatable bonds is 6. The normalized spacial score (nSPS) is 14.5. The van der Waals surface area contributed by atoms with Crippen molar-refractivity contribution in [2.45, 2.75) is 51.2 Å². The zero-order valence-electron chi connectivity index (χ0n) is 16.8. The van der Waals surface area contributed by atoms with Crippen LogP contribution in [0.2, 0.25) is 0 Å². The number of hydrogen-bond donors (Lipinski definition) is 3. The van der Waals surface area contributed by atoms with Crippen molar-refractivity contribution in [3.8, 4) is 0 Å². The minimum atomic E-state index is -3.88. The molecule has 0 radical (unpaired) electrons. The Labute approximate surface area is 170 Å². The van der Waals surface area contributed by atoms with Gasteiger partial charge in [-0.2, -0.15) is 0 Å². The Morgan fingerprint density at radius 2 is 1.76 bits per heavy atom. The van der Waals surface area contributed by atoms with E-state index in [1.54, 1.807) is 39.0 Å². The van der Waals surface area contributed by atoms with Crippen LogP contribution in [0.5, 0.6) is 0 Å². The molecule has 156 valence electrons. The SMILES string of the molecule is Cc1ccc(NC(=O)C2CC2)cc1NC(=O)c1ccc(S(=O)(=O)NC(C)(C)C)o1. The Hall–Kier alpha value is -2.65. The van der Waals surface area contributed by atoms with Crippen molar-refractivity contribution in [3.63, 3.8) is 0 Å². The molecule has 0 aliphatic heterocycles. The Morgan fingerprint density at radius 3 is 2.38 bits per heavy atom. The summed E-state index contributed by atoms with van der Waals surface area (Å²) in [5.74, 6) is -0.681. The van der Waals surface area contributed by atoms with E-state index in [0.717, 1.165) is 18.4 Å². The number of nitrogens with one attached hydrogen (secondary N) is 3. The summed E-state index contributed by atoms with van der Waals surface area (Å²) >= 11 is 0. The summed E-state index contributed by atoms with van der Waals surface area (Å²) in [6.07, 6.45) is 1.80. The highest BCUT2D eigenvalue weighted by Crippen LogP contribution is 2.31. The van der Waals surface area contributed by atoms with Crippen LogP contribution in [0.1, 0.15) is 49.7 Å². The van der Waals surface area contributed by atoms with Crippen LogP contribution in [0, 0.1) is 12.8 Å². The zero-order chi connectivity index (χ0) is 21.4. The summed E-state index contributed by atoms with van der Waals surface area (Å²) in [4.78, 5) is 24.5. The van der Waals surface area contributed by atoms with Gasteiger partial charge >= 0.3 is 0 Å². The molecule has 3 rings (SSSR count). The molecule has 1 fully saturated rings. The van der Waals surface area contributed by atoms with Crippen LogP contribution in [0.15, 0.2) is 39.8 Å². The molecule has 2 amide bonds. The number of furan rings is 1. The van der Waals surface area contributed by atoms with Crippen molar-refractivity contribution in [3.05, 3.63) is 41.7 Å². The lowest BCUT2D eigenvalue weighted by Crippen LogP contribution is -2.40. The maximum atomic E-state index is 12.5. The molecule has 1 aliphatic carbocycles. The molecule has 1 saturated carbocycles. The van der Waals surface area contributed by atoms with E-state index in [-0.39, 0.29) is 22.7 Å². The molecule has 1 aliphatic rings. The zero-order valence-corrected chi connectivity index (χ0v) is 17.6. The largest absolute Gasteiger partial charge is 0.438 e. The van der Waals surface area contributed by atoms with Crippen molar-refractivity contribution >= 4 is 33.2 Å². The Kier molecular flexibility index (Phi) is 5.55. The van der Waals surface area contributed by atoms with Gasteiger partial charge in [0.05, 0.1) is 0 Å². The second-order valence-electron chi connectivity index (χ2n) is 8.22. The summed E-state index contributed by atoms with van der Waals surface area (Å²) < 4.78 is 32.4. The number of amides is 2. The van der Waals surface area contributed by atoms with E-state index >= 15 is 0 Å². The Bertz CT molecular complexity index is 1050. The predicted octanol–water partition coefficient (Wildman–Crippen LogP) is 3.27. The molecule has 0 spiro atoms. The van der Waals surface area contributed by atoms with Crippen LogP contribution in [0.3, 0.4) is 0 Å². The van der Waals surface area contributed by atoms with Crippen LogP contribution in [0.25, 0.3) is 0 Å². The molecular formula is C20H25N3O5S. The number of carbonyl (C=O) groups excluding carboxylic acids is 2. The lowest BCUT2D eigenvalue weighted by molar-refractivity contribution is -0.117. The second-order valence-corrected chi connectivity index (χ2v) is 9.83. The lowest BCUT2D eigenvalue weighted by atomic mass is 10.1. The molecule has 2 aromatic rings. The maximum absolute atomic E-state index is 12.5. The fourth-order valence-corrected chi connectivity index (χ4v) is 4.00. The molecule has 1 aromatic carbocycles. The average molecular weight is 420 g/mol. The molecule has 0 bridgehead atoms. The van der Waals surface area contributed by atoms with Gasteiger partial charge in [-0.25, -0.2) is 13.1 Å². The highest BCUT2D eigenvalue weighted by atomic mass is 32.2. The van der Waals surface area contributed by atoms with E-state index in [1.165, 1.54) is 12.1 Å². The predicted molar refractivity (Wildman–Crippen MR) is 109 cm³/mol. The summed E-state index contributed by atoms with van der Waals surface area (Å²) in [7, 11) is -3.88. The molecular weight excluding hydrogens is 394 g/mol. The van der Waals surface area contributed by atoms with Gasteiger partial charge in [0.1, 0.15) is 0 Å². The quantitative estimate of drug-likeness (QED) is 0.664. The Balaban J connectivity index is 1.73. The van der Waals surface area contributed by atoms with Gasteiger partial charge in [-0.3, -0.25) is 9.59 Å². The van der Waals surface area contributed by atoms with Crippen LogP contribution in [-0.2, 0) is 14.8 Å². The molecule has 29 heavy (non-hydrogen) atoms. The first-order chi connectivity index (χ1) is 13.4. The first-order valence-corrected chi connectivity index (χ1v) is 10.8. The smallest absolute Gasteiger partial charge is 0.291 e. The standard InChI is InChI=1S/C20H25N3O5S/c1-12-5-8-14(21-18(24)13-6-7-13)11-15(12)22-19(25)16-9-10-17(28-16)29(26,27)23-20(2,3)4/h5,8-11,13,23H,6-7H2,1-4H3,(H,21,24)(H,22,25). The molecule has 0 saturated heterocycles. The molecule has 1 heterocycles. The van der Waals surface area contributed by atoms with Crippen molar-refractivity contribution in [1.29, 1.82) is 0 Å². The number of anilines is 2. The minimum absolute atomic E-state index is 0.0293. The van der Waals surface area contributed by atoms with Crippen molar-refractivity contribution in [1.82, 2.24) is 4.72 Å². The number of hydrogen-bond acceptors (Lipinski definition) is 5. The monoisotopic (exact) mass is 419 g/mol. The third-order valence-electron chi connectivity index (χ3n) is 4.21. The first-order valence-electron chi connectivity index (χ1n) is 9.31. The van der Waals surface area contributed by atoms with E-state index in [1.807, 2.05) is 6.92 Å². The summed E-state index contributed by atoms with van der Waals surface area (Å²) in [6.45, 7) is 6.93. The minimum Gasteiger partial charge on any atom is -0.438 e. The summed E-state index contributed by atoms with van der Waals surface area (Å²) in [5.41, 5.74) is 1.19. The molecule has 9 heteroatoms. The first kappa shape index (κ1) is 21.1. The fraction of sp³-hybridized carbons (Fsp3) is 0.400. The van der Waals surface area contributed by atoms with E-state index in [0.29, 0.717) is 11.4 Å². The number of benzene rings is 1. The van der Waals surface area contributed by atoms with Gasteiger partial charge in [0.25, 0.3) is 15.9 Å². The number of sulfonamides is 1. The van der Waals surface area contributed by atoms with E-state index in [9.17, 15) is 18.0 Å². The van der Waals surface area contributed by atoms with Crippen LogP contribution in [-0.4, -0.2) is 25.8 Å². The summed E-state index contributed by atoms with van der Waals surface area (Å²) in [6, 6.07) is 7.75. The van der Waals surface area contributed by atoms with E-state index < -0.39 is 21.5 Å². The van der Waals surface area contributed by atoms with Gasteiger partial charge in [-0.05, 0) is 70.4 Å². The van der Waals surface area contributed by atoms with E-state index in [4.69, 9.17) is 4.42 Å². The molecule has 8 nitrogen and oxygen atoms in total. The Morgan fingerprint density at radius 1 is 1.07 bits per heavy atom. The van der Waals surface area contributed by atoms with Gasteiger partial charge in [-0.15, -0.1) is 0 Å². The number of aryl methyl sites for hydroxylation is 1. The van der Waals surface area contributed by atoms with Crippen molar-refractivity contribution < 1.29 is 22.4 Å². The molecule has 3 N–H and O–H groups in total. The van der Waals surface area contributed by atoms with Crippen LogP contribution >= 0.6 is 0 Å². The third kappa shape index (κ3) is 5.45. The molecule has 0 atom stereocenters.